The molecule has 0 fully saturated rings. The summed E-state index contributed by atoms with van der Waals surface area (Å²) in [6.07, 6.45) is 0. The van der Waals surface area contributed by atoms with Gasteiger partial charge in [-0.2, -0.15) is 26.3 Å². The van der Waals surface area contributed by atoms with Gasteiger partial charge >= 0.3 is 17.8 Å². The molecule has 2 heterocycles. The largest absolute Gasteiger partial charge is 0.487 e. The lowest BCUT2D eigenvalue weighted by molar-refractivity contribution is -0.254. The molecule has 0 amide bonds. The van der Waals surface area contributed by atoms with Crippen LogP contribution < -0.4 is 9.47 Å². The highest BCUT2D eigenvalue weighted by molar-refractivity contribution is 7.18. The average molecular weight is 553 g/mol. The first kappa shape index (κ1) is 25.4. The van der Waals surface area contributed by atoms with Crippen molar-refractivity contribution in [2.24, 2.45) is 0 Å². The van der Waals surface area contributed by atoms with E-state index in [1.54, 1.807) is 60.7 Å². The van der Waals surface area contributed by atoms with E-state index in [9.17, 15) is 8.78 Å². The number of ether oxygens (including phenoxy) is 2. The molecule has 0 unspecified atom stereocenters. The van der Waals surface area contributed by atoms with E-state index in [4.69, 9.17) is 9.47 Å². The van der Waals surface area contributed by atoms with Gasteiger partial charge in [0.15, 0.2) is 10.1 Å². The van der Waals surface area contributed by atoms with Crippen LogP contribution in [0.5, 0.6) is 10.1 Å². The van der Waals surface area contributed by atoms with Crippen LogP contribution in [0.25, 0.3) is 32.0 Å². The zero-order valence-electron chi connectivity index (χ0n) is 19.3. The molecule has 0 aliphatic heterocycles. The highest BCUT2D eigenvalue weighted by Crippen LogP contribution is 2.67. The molecule has 2 nitrogen and oxygen atoms in total. The minimum atomic E-state index is -5.69. The van der Waals surface area contributed by atoms with Crippen molar-refractivity contribution >= 4 is 33.8 Å². The Labute approximate surface area is 216 Å². The van der Waals surface area contributed by atoms with Gasteiger partial charge < -0.3 is 9.47 Å². The Bertz CT molecular complexity index is 1360. The van der Waals surface area contributed by atoms with Crippen molar-refractivity contribution in [2.75, 3.05) is 14.2 Å². The van der Waals surface area contributed by atoms with Crippen molar-refractivity contribution in [3.8, 4) is 31.0 Å². The first-order chi connectivity index (χ1) is 17.5. The molecule has 2 aromatic heterocycles. The molecule has 10 heteroatoms. The smallest absolute Gasteiger partial charge is 0.380 e. The van der Waals surface area contributed by atoms with Crippen LogP contribution in [0.4, 0.5) is 26.3 Å². The maximum Gasteiger partial charge on any atom is 0.380 e. The molecule has 2 aromatic carbocycles. The highest BCUT2D eigenvalue weighted by Gasteiger charge is 2.80. The summed E-state index contributed by atoms with van der Waals surface area (Å²) in [5.74, 6) is -16.1. The number of alkyl halides is 6. The van der Waals surface area contributed by atoms with Gasteiger partial charge in [-0.15, -0.1) is 0 Å². The fourth-order valence-corrected chi connectivity index (χ4v) is 6.29. The summed E-state index contributed by atoms with van der Waals surface area (Å²) in [6.45, 7) is 0. The quantitative estimate of drug-likeness (QED) is 0.222. The molecule has 0 bridgehead atoms. The van der Waals surface area contributed by atoms with E-state index in [-0.39, 0.29) is 10.1 Å². The number of benzene rings is 2. The van der Waals surface area contributed by atoms with Crippen molar-refractivity contribution in [3.63, 3.8) is 0 Å². The summed E-state index contributed by atoms with van der Waals surface area (Å²) < 4.78 is 102. The maximum atomic E-state index is 15.4. The number of methoxy groups -OCH3 is 2. The normalized spacial score (nSPS) is 17.7. The third-order valence-corrected chi connectivity index (χ3v) is 8.38. The molecule has 4 aromatic rings. The zero-order chi connectivity index (χ0) is 26.6. The summed E-state index contributed by atoms with van der Waals surface area (Å²) in [5.41, 5.74) is -2.80. The predicted molar refractivity (Wildman–Crippen MR) is 134 cm³/mol. The minimum absolute atomic E-state index is 0.183. The molecule has 37 heavy (non-hydrogen) atoms. The van der Waals surface area contributed by atoms with Crippen LogP contribution in [-0.4, -0.2) is 32.0 Å². The van der Waals surface area contributed by atoms with Gasteiger partial charge in [-0.3, -0.25) is 0 Å². The van der Waals surface area contributed by atoms with E-state index in [0.29, 0.717) is 20.9 Å². The lowest BCUT2D eigenvalue weighted by Gasteiger charge is -2.25. The number of hydrogen-bond acceptors (Lipinski definition) is 4. The van der Waals surface area contributed by atoms with Gasteiger partial charge in [0.05, 0.1) is 14.2 Å². The fraction of sp³-hybridized carbons (Fsp3) is 0.185. The first-order valence-corrected chi connectivity index (χ1v) is 12.5. The summed E-state index contributed by atoms with van der Waals surface area (Å²) in [4.78, 5) is 0.798. The lowest BCUT2D eigenvalue weighted by atomic mass is 9.96. The molecular formula is C27H18F6O2S2. The molecule has 0 atom stereocenters. The number of thiophene rings is 2. The van der Waals surface area contributed by atoms with Gasteiger partial charge in [0, 0.05) is 32.0 Å². The van der Waals surface area contributed by atoms with Crippen LogP contribution in [0.2, 0.25) is 0 Å². The second-order valence-electron chi connectivity index (χ2n) is 8.24. The fourth-order valence-electron chi connectivity index (χ4n) is 4.32. The predicted octanol–water partition coefficient (Wildman–Crippen LogP) is 8.99. The van der Waals surface area contributed by atoms with Crippen molar-refractivity contribution in [2.45, 2.75) is 17.8 Å². The van der Waals surface area contributed by atoms with E-state index in [0.717, 1.165) is 22.7 Å². The average Bonchev–Trinajstić information content (AvgIpc) is 3.54. The Morgan fingerprint density at radius 3 is 1.24 bits per heavy atom. The first-order valence-electron chi connectivity index (χ1n) is 10.9. The number of hydrogen-bond donors (Lipinski definition) is 0. The Balaban J connectivity index is 1.82. The topological polar surface area (TPSA) is 18.5 Å². The molecule has 0 radical (unpaired) electrons. The standard InChI is InChI=1S/C27H18F6O2S2/c1-34-23-17(13-19(36-23)15-9-5-3-6-10-15)21-22(26(30,31)27(32,33)25(21,28)29)18-14-20(37-24(18)35-2)16-11-7-4-8-12-16/h3-14H,1-2H3. The van der Waals surface area contributed by atoms with Crippen molar-refractivity contribution in [1.82, 2.24) is 0 Å². The summed E-state index contributed by atoms with van der Waals surface area (Å²) in [6, 6.07) is 19.5. The molecule has 1 aliphatic rings. The van der Waals surface area contributed by atoms with Gasteiger partial charge in [-0.1, -0.05) is 83.3 Å². The van der Waals surface area contributed by atoms with Crippen LogP contribution in [0.3, 0.4) is 0 Å². The van der Waals surface area contributed by atoms with E-state index in [1.165, 1.54) is 26.4 Å². The molecule has 0 saturated heterocycles. The summed E-state index contributed by atoms with van der Waals surface area (Å²) in [5, 5.41) is -0.367. The third kappa shape index (κ3) is 3.76. The van der Waals surface area contributed by atoms with Gasteiger partial charge in [0.1, 0.15) is 0 Å². The monoisotopic (exact) mass is 552 g/mol. The van der Waals surface area contributed by atoms with Crippen LogP contribution in [0, 0.1) is 0 Å². The van der Waals surface area contributed by atoms with Crippen molar-refractivity contribution < 1.29 is 35.8 Å². The molecule has 1 aliphatic carbocycles. The Morgan fingerprint density at radius 1 is 0.568 bits per heavy atom. The Morgan fingerprint density at radius 2 is 0.919 bits per heavy atom. The van der Waals surface area contributed by atoms with E-state index in [2.05, 4.69) is 0 Å². The van der Waals surface area contributed by atoms with Crippen molar-refractivity contribution in [1.29, 1.82) is 0 Å². The van der Waals surface area contributed by atoms with Crippen LogP contribution in [0.15, 0.2) is 72.8 Å². The Hall–Kier alpha value is -3.24. The lowest BCUT2D eigenvalue weighted by Crippen LogP contribution is -2.48. The van der Waals surface area contributed by atoms with Crippen LogP contribution >= 0.6 is 22.7 Å². The second-order valence-corrected chi connectivity index (χ2v) is 10.3. The van der Waals surface area contributed by atoms with Gasteiger partial charge in [0.25, 0.3) is 0 Å². The third-order valence-electron chi connectivity index (χ3n) is 6.09. The molecule has 0 spiro atoms. The molecule has 0 saturated carbocycles. The Kier molecular flexibility index (Phi) is 6.15. The van der Waals surface area contributed by atoms with Gasteiger partial charge in [0.2, 0.25) is 0 Å². The van der Waals surface area contributed by atoms with Crippen LogP contribution in [-0.2, 0) is 0 Å². The number of allylic oxidation sites excluding steroid dienone is 2. The second kappa shape index (κ2) is 8.95. The molecule has 0 N–H and O–H groups in total. The van der Waals surface area contributed by atoms with Gasteiger partial charge in [-0.25, -0.2) is 0 Å². The zero-order valence-corrected chi connectivity index (χ0v) is 21.0. The number of rotatable bonds is 6. The van der Waals surface area contributed by atoms with E-state index < -0.39 is 40.0 Å². The number of halogens is 6. The van der Waals surface area contributed by atoms with E-state index in [1.807, 2.05) is 0 Å². The maximum absolute atomic E-state index is 15.4. The SMILES string of the molecule is COc1sc(-c2ccccc2)cc1C1=C(c2cc(-c3ccccc3)sc2OC)C(F)(F)C(F)(F)C1(F)F. The van der Waals surface area contributed by atoms with E-state index >= 15 is 17.6 Å². The van der Waals surface area contributed by atoms with Gasteiger partial charge in [-0.05, 0) is 23.3 Å². The van der Waals surface area contributed by atoms with Crippen LogP contribution in [0.1, 0.15) is 11.1 Å². The summed E-state index contributed by atoms with van der Waals surface area (Å²) >= 11 is 1.80. The summed E-state index contributed by atoms with van der Waals surface area (Å²) in [7, 11) is 2.35. The molecule has 5 rings (SSSR count). The van der Waals surface area contributed by atoms with Crippen molar-refractivity contribution in [3.05, 3.63) is 83.9 Å². The highest BCUT2D eigenvalue weighted by atomic mass is 32.1. The minimum Gasteiger partial charge on any atom is -0.487 e. The molecular weight excluding hydrogens is 534 g/mol. The molecule has 192 valence electrons.